The first-order valence-corrected chi connectivity index (χ1v) is 8.87. The van der Waals surface area contributed by atoms with Gasteiger partial charge in [0.1, 0.15) is 11.6 Å². The molecule has 3 aromatic carbocycles. The second-order valence-corrected chi connectivity index (χ2v) is 6.56. The molecule has 0 saturated heterocycles. The third kappa shape index (κ3) is 2.86. The van der Waals surface area contributed by atoms with Gasteiger partial charge >= 0.3 is 0 Å². The number of nitrogens with two attached hydrogens (primary N) is 1. The number of halogens is 2. The molecule has 132 valence electrons. The van der Waals surface area contributed by atoms with E-state index in [0.29, 0.717) is 12.1 Å². The van der Waals surface area contributed by atoms with Crippen LogP contribution in [0.1, 0.15) is 18.4 Å². The van der Waals surface area contributed by atoms with Crippen LogP contribution in [0.25, 0.3) is 32.9 Å². The van der Waals surface area contributed by atoms with Crippen molar-refractivity contribution in [2.45, 2.75) is 19.3 Å². The van der Waals surface area contributed by atoms with E-state index in [4.69, 9.17) is 5.73 Å². The minimum Gasteiger partial charge on any atom is -0.354 e. The van der Waals surface area contributed by atoms with Crippen molar-refractivity contribution in [3.63, 3.8) is 0 Å². The Hall–Kier alpha value is -2.72. The summed E-state index contributed by atoms with van der Waals surface area (Å²) in [7, 11) is 0. The molecule has 4 heteroatoms. The average molecular weight is 350 g/mol. The zero-order valence-corrected chi connectivity index (χ0v) is 14.4. The zero-order valence-electron chi connectivity index (χ0n) is 14.4. The summed E-state index contributed by atoms with van der Waals surface area (Å²) in [6, 6.07) is 16.0. The van der Waals surface area contributed by atoms with E-state index >= 15 is 0 Å². The molecule has 4 rings (SSSR count). The molecule has 0 aliphatic heterocycles. The number of aromatic nitrogens is 1. The van der Waals surface area contributed by atoms with Gasteiger partial charge in [-0.05, 0) is 48.9 Å². The lowest BCUT2D eigenvalue weighted by atomic mass is 9.98. The molecule has 0 saturated carbocycles. The number of benzene rings is 3. The van der Waals surface area contributed by atoms with Gasteiger partial charge in [-0.3, -0.25) is 0 Å². The number of aryl methyl sites for hydroxylation is 1. The quantitative estimate of drug-likeness (QED) is 0.455. The first-order valence-electron chi connectivity index (χ1n) is 8.87. The Kier molecular flexibility index (Phi) is 4.43. The predicted octanol–water partition coefficient (Wildman–Crippen LogP) is 5.55. The minimum absolute atomic E-state index is 0.398. The number of H-pyrrole nitrogens is 1. The number of fused-ring (bicyclic) bond motifs is 3. The SMILES string of the molecule is NCCCCc1c(-c2ccc(F)cc2F)[nH]c2c1ccc1ccccc12. The van der Waals surface area contributed by atoms with Gasteiger partial charge < -0.3 is 10.7 Å². The number of rotatable bonds is 5. The van der Waals surface area contributed by atoms with Gasteiger partial charge in [0.05, 0.1) is 11.2 Å². The normalized spacial score (nSPS) is 11.5. The van der Waals surface area contributed by atoms with Gasteiger partial charge in [-0.15, -0.1) is 0 Å². The van der Waals surface area contributed by atoms with Crippen LogP contribution in [-0.2, 0) is 6.42 Å². The van der Waals surface area contributed by atoms with Crippen molar-refractivity contribution in [3.05, 3.63) is 71.8 Å². The minimum atomic E-state index is -0.572. The summed E-state index contributed by atoms with van der Waals surface area (Å²) in [4.78, 5) is 3.42. The van der Waals surface area contributed by atoms with Crippen LogP contribution < -0.4 is 5.73 Å². The molecule has 0 radical (unpaired) electrons. The third-order valence-electron chi connectivity index (χ3n) is 4.89. The molecule has 0 aliphatic rings. The molecule has 2 nitrogen and oxygen atoms in total. The van der Waals surface area contributed by atoms with Gasteiger partial charge in [-0.25, -0.2) is 8.78 Å². The molecule has 0 bridgehead atoms. The van der Waals surface area contributed by atoms with E-state index in [2.05, 4.69) is 29.2 Å². The van der Waals surface area contributed by atoms with Gasteiger partial charge in [0.25, 0.3) is 0 Å². The second-order valence-electron chi connectivity index (χ2n) is 6.56. The second kappa shape index (κ2) is 6.89. The van der Waals surface area contributed by atoms with Crippen LogP contribution in [0.2, 0.25) is 0 Å². The van der Waals surface area contributed by atoms with Crippen LogP contribution in [0.4, 0.5) is 8.78 Å². The Labute approximate surface area is 150 Å². The van der Waals surface area contributed by atoms with Crippen molar-refractivity contribution in [2.24, 2.45) is 5.73 Å². The van der Waals surface area contributed by atoms with Crippen molar-refractivity contribution in [1.82, 2.24) is 4.98 Å². The molecule has 0 unspecified atom stereocenters. The third-order valence-corrected chi connectivity index (χ3v) is 4.89. The van der Waals surface area contributed by atoms with Crippen LogP contribution in [0.3, 0.4) is 0 Å². The van der Waals surface area contributed by atoms with Crippen LogP contribution >= 0.6 is 0 Å². The van der Waals surface area contributed by atoms with Crippen molar-refractivity contribution >= 4 is 21.7 Å². The molecule has 0 amide bonds. The topological polar surface area (TPSA) is 41.8 Å². The number of hydrogen-bond donors (Lipinski definition) is 2. The van der Waals surface area contributed by atoms with Crippen molar-refractivity contribution in [1.29, 1.82) is 0 Å². The van der Waals surface area contributed by atoms with Gasteiger partial charge in [-0.1, -0.05) is 36.4 Å². The maximum absolute atomic E-state index is 14.5. The Morgan fingerprint density at radius 3 is 2.54 bits per heavy atom. The van der Waals surface area contributed by atoms with E-state index in [0.717, 1.165) is 58.3 Å². The first kappa shape index (κ1) is 16.7. The number of nitrogens with one attached hydrogen (secondary N) is 1. The highest BCUT2D eigenvalue weighted by Crippen LogP contribution is 2.36. The fourth-order valence-corrected chi connectivity index (χ4v) is 3.62. The van der Waals surface area contributed by atoms with E-state index < -0.39 is 11.6 Å². The molecule has 26 heavy (non-hydrogen) atoms. The average Bonchev–Trinajstić information content (AvgIpc) is 3.01. The molecule has 0 fully saturated rings. The lowest BCUT2D eigenvalue weighted by molar-refractivity contribution is 0.585. The number of hydrogen-bond acceptors (Lipinski definition) is 1. The Morgan fingerprint density at radius 1 is 0.885 bits per heavy atom. The van der Waals surface area contributed by atoms with Crippen LogP contribution in [0, 0.1) is 11.6 Å². The van der Waals surface area contributed by atoms with E-state index in [1.165, 1.54) is 12.1 Å². The summed E-state index contributed by atoms with van der Waals surface area (Å²) >= 11 is 0. The summed E-state index contributed by atoms with van der Waals surface area (Å²) < 4.78 is 27.8. The van der Waals surface area contributed by atoms with Gasteiger partial charge in [0.15, 0.2) is 0 Å². The fourth-order valence-electron chi connectivity index (χ4n) is 3.62. The molecule has 3 N–H and O–H groups in total. The van der Waals surface area contributed by atoms with E-state index in [9.17, 15) is 8.78 Å². The maximum atomic E-state index is 14.5. The molecule has 1 heterocycles. The summed E-state index contributed by atoms with van der Waals surface area (Å²) in [5, 5.41) is 3.30. The molecule has 0 aliphatic carbocycles. The number of aromatic amines is 1. The van der Waals surface area contributed by atoms with Crippen molar-refractivity contribution in [2.75, 3.05) is 6.54 Å². The maximum Gasteiger partial charge on any atom is 0.135 e. The molecular formula is C22H20F2N2. The van der Waals surface area contributed by atoms with Gasteiger partial charge in [0.2, 0.25) is 0 Å². The molecule has 1 aromatic heterocycles. The molecule has 0 atom stereocenters. The van der Waals surface area contributed by atoms with E-state index in [1.807, 2.05) is 12.1 Å². The van der Waals surface area contributed by atoms with Crippen LogP contribution in [0.15, 0.2) is 54.6 Å². The summed E-state index contributed by atoms with van der Waals surface area (Å²) in [5.74, 6) is -1.13. The Balaban J connectivity index is 1.97. The van der Waals surface area contributed by atoms with Crippen LogP contribution in [-0.4, -0.2) is 11.5 Å². The molecule has 0 spiro atoms. The number of unbranched alkanes of at least 4 members (excludes halogenated alkanes) is 1. The standard InChI is InChI=1S/C22H20F2N2/c23-15-9-11-19(20(24)13-15)22-17(7-3-4-12-25)18-10-8-14-5-1-2-6-16(14)21(18)26-22/h1-2,5-6,8-11,13,26H,3-4,7,12,25H2. The molecular weight excluding hydrogens is 330 g/mol. The largest absolute Gasteiger partial charge is 0.354 e. The van der Waals surface area contributed by atoms with E-state index in [1.54, 1.807) is 0 Å². The zero-order chi connectivity index (χ0) is 18.1. The lowest BCUT2D eigenvalue weighted by Crippen LogP contribution is -1.99. The predicted molar refractivity (Wildman–Crippen MR) is 103 cm³/mol. The summed E-state index contributed by atoms with van der Waals surface area (Å²) in [5.41, 5.74) is 8.81. The van der Waals surface area contributed by atoms with Crippen LogP contribution in [0.5, 0.6) is 0 Å². The Bertz CT molecular complexity index is 1080. The summed E-state index contributed by atoms with van der Waals surface area (Å²) in [6.45, 7) is 0.630. The Morgan fingerprint density at radius 2 is 1.73 bits per heavy atom. The van der Waals surface area contributed by atoms with Crippen molar-refractivity contribution in [3.8, 4) is 11.3 Å². The van der Waals surface area contributed by atoms with Gasteiger partial charge in [0, 0.05) is 22.4 Å². The molecule has 4 aromatic rings. The van der Waals surface area contributed by atoms with Gasteiger partial charge in [-0.2, -0.15) is 0 Å². The first-order chi connectivity index (χ1) is 12.7. The smallest absolute Gasteiger partial charge is 0.135 e. The summed E-state index contributed by atoms with van der Waals surface area (Å²) in [6.07, 6.45) is 2.62. The fraction of sp³-hybridized carbons (Fsp3) is 0.182. The highest BCUT2D eigenvalue weighted by atomic mass is 19.1. The highest BCUT2D eigenvalue weighted by molar-refractivity contribution is 6.08. The van der Waals surface area contributed by atoms with Crippen molar-refractivity contribution < 1.29 is 8.78 Å². The lowest BCUT2D eigenvalue weighted by Gasteiger charge is -2.06. The van der Waals surface area contributed by atoms with E-state index in [-0.39, 0.29) is 0 Å². The highest BCUT2D eigenvalue weighted by Gasteiger charge is 2.17. The monoisotopic (exact) mass is 350 g/mol.